The normalized spacial score (nSPS) is 19.4. The van der Waals surface area contributed by atoms with E-state index in [2.05, 4.69) is 5.10 Å². The van der Waals surface area contributed by atoms with Gasteiger partial charge in [0.05, 0.1) is 43.2 Å². The molecule has 9 heteroatoms. The number of aliphatic hydroxyl groups is 1. The standard InChI is InChI=1S/C10H14N4O5/c15-6-8-7-19-4-3-13(8)10(16)5-12-2-1-9(11-12)14(17)18/h1-2,8,15H,3-7H2. The summed E-state index contributed by atoms with van der Waals surface area (Å²) in [4.78, 5) is 23.4. The third-order valence-corrected chi connectivity index (χ3v) is 2.87. The molecule has 2 rings (SSSR count). The minimum Gasteiger partial charge on any atom is -0.394 e. The molecule has 1 saturated heterocycles. The van der Waals surface area contributed by atoms with Gasteiger partial charge in [0.25, 0.3) is 0 Å². The van der Waals surface area contributed by atoms with Crippen LogP contribution in [-0.2, 0) is 16.1 Å². The highest BCUT2D eigenvalue weighted by molar-refractivity contribution is 5.76. The molecule has 0 bridgehead atoms. The number of aromatic nitrogens is 2. The summed E-state index contributed by atoms with van der Waals surface area (Å²) in [5, 5.41) is 23.3. The smallest absolute Gasteiger partial charge is 0.389 e. The summed E-state index contributed by atoms with van der Waals surface area (Å²) in [5.41, 5.74) is 0. The van der Waals surface area contributed by atoms with Crippen molar-refractivity contribution in [1.29, 1.82) is 0 Å². The van der Waals surface area contributed by atoms with Crippen molar-refractivity contribution in [3.05, 3.63) is 22.4 Å². The van der Waals surface area contributed by atoms with Crippen molar-refractivity contribution in [2.75, 3.05) is 26.4 Å². The fraction of sp³-hybridized carbons (Fsp3) is 0.600. The van der Waals surface area contributed by atoms with Crippen molar-refractivity contribution in [2.24, 2.45) is 0 Å². The van der Waals surface area contributed by atoms with Gasteiger partial charge in [-0.05, 0) is 4.92 Å². The van der Waals surface area contributed by atoms with Gasteiger partial charge < -0.3 is 24.9 Å². The highest BCUT2D eigenvalue weighted by Crippen LogP contribution is 2.09. The Morgan fingerprint density at radius 1 is 1.68 bits per heavy atom. The van der Waals surface area contributed by atoms with Crippen LogP contribution >= 0.6 is 0 Å². The number of ether oxygens (including phenoxy) is 1. The van der Waals surface area contributed by atoms with Gasteiger partial charge in [-0.15, -0.1) is 0 Å². The van der Waals surface area contributed by atoms with Crippen LogP contribution in [0, 0.1) is 10.1 Å². The van der Waals surface area contributed by atoms with E-state index in [1.165, 1.54) is 21.8 Å². The summed E-state index contributed by atoms with van der Waals surface area (Å²) in [6.07, 6.45) is 1.38. The van der Waals surface area contributed by atoms with Gasteiger partial charge in [0.15, 0.2) is 0 Å². The molecule has 1 aromatic heterocycles. The zero-order chi connectivity index (χ0) is 13.8. The second kappa shape index (κ2) is 5.76. The van der Waals surface area contributed by atoms with Crippen molar-refractivity contribution in [1.82, 2.24) is 14.7 Å². The molecule has 1 N–H and O–H groups in total. The fourth-order valence-corrected chi connectivity index (χ4v) is 1.90. The minimum atomic E-state index is -0.619. The monoisotopic (exact) mass is 270 g/mol. The molecule has 0 spiro atoms. The molecule has 0 aromatic carbocycles. The lowest BCUT2D eigenvalue weighted by Gasteiger charge is -2.34. The van der Waals surface area contributed by atoms with Gasteiger partial charge in [-0.2, -0.15) is 4.68 Å². The Bertz CT molecular complexity index is 474. The molecule has 19 heavy (non-hydrogen) atoms. The predicted octanol–water partition coefficient (Wildman–Crippen LogP) is -0.989. The topological polar surface area (TPSA) is 111 Å². The number of hydrogen-bond donors (Lipinski definition) is 1. The molecule has 0 aliphatic carbocycles. The SMILES string of the molecule is O=C(Cn1ccc([N+](=O)[O-])n1)N1CCOCC1CO. The minimum absolute atomic E-state index is 0.0929. The summed E-state index contributed by atoms with van der Waals surface area (Å²) >= 11 is 0. The predicted molar refractivity (Wildman–Crippen MR) is 62.3 cm³/mol. The van der Waals surface area contributed by atoms with Crippen LogP contribution in [-0.4, -0.2) is 63.0 Å². The van der Waals surface area contributed by atoms with Gasteiger partial charge in [0.2, 0.25) is 5.91 Å². The van der Waals surface area contributed by atoms with Crippen molar-refractivity contribution in [3.8, 4) is 0 Å². The van der Waals surface area contributed by atoms with E-state index in [1.54, 1.807) is 0 Å². The lowest BCUT2D eigenvalue weighted by atomic mass is 10.2. The second-order valence-electron chi connectivity index (χ2n) is 4.13. The number of carbonyl (C=O) groups is 1. The van der Waals surface area contributed by atoms with Gasteiger partial charge >= 0.3 is 5.82 Å². The summed E-state index contributed by atoms with van der Waals surface area (Å²) in [5.74, 6) is -0.547. The number of carbonyl (C=O) groups excluding carboxylic acids is 1. The first-order valence-corrected chi connectivity index (χ1v) is 5.77. The first-order valence-electron chi connectivity index (χ1n) is 5.77. The highest BCUT2D eigenvalue weighted by atomic mass is 16.6. The molecule has 1 amide bonds. The summed E-state index contributed by atoms with van der Waals surface area (Å²) in [7, 11) is 0. The lowest BCUT2D eigenvalue weighted by molar-refractivity contribution is -0.389. The molecule has 1 aliphatic rings. The Morgan fingerprint density at radius 3 is 3.11 bits per heavy atom. The number of rotatable bonds is 4. The first-order chi connectivity index (χ1) is 9.11. The quantitative estimate of drug-likeness (QED) is 0.555. The number of nitrogens with zero attached hydrogens (tertiary/aromatic N) is 4. The maximum atomic E-state index is 12.0. The molecule has 104 valence electrons. The number of morpholine rings is 1. The Morgan fingerprint density at radius 2 is 2.47 bits per heavy atom. The van der Waals surface area contributed by atoms with Crippen molar-refractivity contribution < 1.29 is 19.6 Å². The van der Waals surface area contributed by atoms with E-state index in [-0.39, 0.29) is 30.9 Å². The molecule has 1 fully saturated rings. The molecular formula is C10H14N4O5. The number of aliphatic hydroxyl groups excluding tert-OH is 1. The van der Waals surface area contributed by atoms with Gasteiger partial charge in [-0.25, -0.2) is 0 Å². The average Bonchev–Trinajstić information content (AvgIpc) is 2.87. The highest BCUT2D eigenvalue weighted by Gasteiger charge is 2.27. The van der Waals surface area contributed by atoms with Gasteiger partial charge in [0.1, 0.15) is 6.54 Å². The molecule has 1 unspecified atom stereocenters. The van der Waals surface area contributed by atoms with Crippen molar-refractivity contribution in [3.63, 3.8) is 0 Å². The molecule has 9 nitrogen and oxygen atoms in total. The zero-order valence-electron chi connectivity index (χ0n) is 10.1. The van der Waals surface area contributed by atoms with Crippen LogP contribution < -0.4 is 0 Å². The van der Waals surface area contributed by atoms with E-state index < -0.39 is 4.92 Å². The number of amides is 1. The van der Waals surface area contributed by atoms with Crippen LogP contribution in [0.2, 0.25) is 0 Å². The summed E-state index contributed by atoms with van der Waals surface area (Å²) in [6.45, 7) is 0.839. The van der Waals surface area contributed by atoms with E-state index in [4.69, 9.17) is 9.84 Å². The van der Waals surface area contributed by atoms with Gasteiger partial charge in [-0.1, -0.05) is 0 Å². The average molecular weight is 270 g/mol. The van der Waals surface area contributed by atoms with E-state index in [0.29, 0.717) is 19.8 Å². The third kappa shape index (κ3) is 3.06. The molecule has 0 radical (unpaired) electrons. The maximum absolute atomic E-state index is 12.0. The van der Waals surface area contributed by atoms with Crippen LogP contribution in [0.5, 0.6) is 0 Å². The third-order valence-electron chi connectivity index (χ3n) is 2.87. The van der Waals surface area contributed by atoms with Crippen LogP contribution in [0.25, 0.3) is 0 Å². The van der Waals surface area contributed by atoms with Crippen LogP contribution in [0.15, 0.2) is 12.3 Å². The molecule has 1 aliphatic heterocycles. The van der Waals surface area contributed by atoms with E-state index in [1.807, 2.05) is 0 Å². The van der Waals surface area contributed by atoms with E-state index >= 15 is 0 Å². The Balaban J connectivity index is 2.00. The van der Waals surface area contributed by atoms with Crippen LogP contribution in [0.3, 0.4) is 0 Å². The van der Waals surface area contributed by atoms with Crippen molar-refractivity contribution >= 4 is 11.7 Å². The van der Waals surface area contributed by atoms with E-state index in [0.717, 1.165) is 0 Å². The van der Waals surface area contributed by atoms with Crippen LogP contribution in [0.4, 0.5) is 5.82 Å². The molecule has 0 saturated carbocycles. The Labute approximate surface area is 108 Å². The molecule has 2 heterocycles. The molecule has 1 aromatic rings. The Kier molecular flexibility index (Phi) is 4.07. The van der Waals surface area contributed by atoms with Crippen LogP contribution in [0.1, 0.15) is 0 Å². The maximum Gasteiger partial charge on any atom is 0.389 e. The van der Waals surface area contributed by atoms with Gasteiger partial charge in [-0.3, -0.25) is 4.79 Å². The number of hydrogen-bond acceptors (Lipinski definition) is 6. The van der Waals surface area contributed by atoms with Gasteiger partial charge in [0, 0.05) is 6.54 Å². The molecular weight excluding hydrogens is 256 g/mol. The first kappa shape index (κ1) is 13.4. The summed E-state index contributed by atoms with van der Waals surface area (Å²) in [6, 6.07) is 0.864. The second-order valence-corrected chi connectivity index (χ2v) is 4.13. The zero-order valence-corrected chi connectivity index (χ0v) is 10.1. The van der Waals surface area contributed by atoms with Crippen molar-refractivity contribution in [2.45, 2.75) is 12.6 Å². The Hall–Kier alpha value is -2.00. The summed E-state index contributed by atoms with van der Waals surface area (Å²) < 4.78 is 6.39. The largest absolute Gasteiger partial charge is 0.394 e. The lowest BCUT2D eigenvalue weighted by Crippen LogP contribution is -2.51. The van der Waals surface area contributed by atoms with E-state index in [9.17, 15) is 14.9 Å². The fourth-order valence-electron chi connectivity index (χ4n) is 1.90. The molecule has 1 atom stereocenters. The number of nitro groups is 1.